The quantitative estimate of drug-likeness (QED) is 0.764. The topological polar surface area (TPSA) is 74.2 Å². The lowest BCUT2D eigenvalue weighted by molar-refractivity contribution is 0.101. The van der Waals surface area contributed by atoms with Gasteiger partial charge in [0.25, 0.3) is 0 Å². The number of nitrogens with zero attached hydrogens (tertiary/aromatic N) is 1. The molecule has 18 heavy (non-hydrogen) atoms. The lowest BCUT2D eigenvalue weighted by Crippen LogP contribution is -2.35. The number of urea groups is 1. The highest BCUT2D eigenvalue weighted by molar-refractivity contribution is 5.89. The predicted molar refractivity (Wildman–Crippen MR) is 69.2 cm³/mol. The molecule has 2 amide bonds. The van der Waals surface area contributed by atoms with Gasteiger partial charge in [-0.2, -0.15) is 0 Å². The smallest absolute Gasteiger partial charge is 0.319 e. The Morgan fingerprint density at radius 3 is 2.89 bits per heavy atom. The van der Waals surface area contributed by atoms with Gasteiger partial charge >= 0.3 is 6.03 Å². The molecule has 1 fully saturated rings. The summed E-state index contributed by atoms with van der Waals surface area (Å²) in [5, 5.41) is 15.1. The van der Waals surface area contributed by atoms with E-state index in [2.05, 4.69) is 15.6 Å². The average Bonchev–Trinajstić information content (AvgIpc) is 2.38. The molecule has 1 aliphatic carbocycles. The number of aliphatic hydroxyl groups is 1. The Bertz CT molecular complexity index is 383. The molecule has 1 heterocycles. The van der Waals surface area contributed by atoms with Gasteiger partial charge in [-0.1, -0.05) is 6.42 Å². The number of aromatic nitrogens is 1. The molecule has 0 aliphatic heterocycles. The minimum absolute atomic E-state index is 0.200. The fourth-order valence-electron chi connectivity index (χ4n) is 2.30. The molecule has 1 saturated carbocycles. The van der Waals surface area contributed by atoms with E-state index in [1.54, 1.807) is 24.5 Å². The average molecular weight is 249 g/mol. The van der Waals surface area contributed by atoms with Crippen molar-refractivity contribution < 1.29 is 9.90 Å². The Kier molecular flexibility index (Phi) is 4.52. The number of anilines is 1. The summed E-state index contributed by atoms with van der Waals surface area (Å²) >= 11 is 0. The van der Waals surface area contributed by atoms with Crippen LogP contribution in [0.2, 0.25) is 0 Å². The minimum atomic E-state index is -0.207. The zero-order valence-electron chi connectivity index (χ0n) is 10.3. The maximum atomic E-state index is 11.6. The normalized spacial score (nSPS) is 23.4. The summed E-state index contributed by atoms with van der Waals surface area (Å²) in [5.41, 5.74) is 0.728. The fraction of sp³-hybridized carbons (Fsp3) is 0.538. The van der Waals surface area contributed by atoms with Gasteiger partial charge in [0.1, 0.15) is 0 Å². The van der Waals surface area contributed by atoms with E-state index >= 15 is 0 Å². The Labute approximate surface area is 107 Å². The predicted octanol–water partition coefficient (Wildman–Crippen LogP) is 1.75. The fourth-order valence-corrected chi connectivity index (χ4v) is 2.30. The van der Waals surface area contributed by atoms with Crippen LogP contribution >= 0.6 is 0 Å². The molecule has 5 heteroatoms. The monoisotopic (exact) mass is 249 g/mol. The van der Waals surface area contributed by atoms with Crippen LogP contribution in [-0.4, -0.2) is 28.8 Å². The first kappa shape index (κ1) is 12.8. The lowest BCUT2D eigenvalue weighted by atomic mass is 9.87. The Morgan fingerprint density at radius 1 is 1.39 bits per heavy atom. The van der Waals surface area contributed by atoms with Crippen LogP contribution in [0.4, 0.5) is 10.5 Å². The van der Waals surface area contributed by atoms with Crippen molar-refractivity contribution in [1.29, 1.82) is 0 Å². The molecule has 0 aromatic carbocycles. The maximum Gasteiger partial charge on any atom is 0.319 e. The molecule has 2 rings (SSSR count). The molecule has 5 nitrogen and oxygen atoms in total. The molecule has 1 aliphatic rings. The van der Waals surface area contributed by atoms with E-state index in [4.69, 9.17) is 0 Å². The number of amides is 2. The zero-order valence-corrected chi connectivity index (χ0v) is 10.3. The Morgan fingerprint density at radius 2 is 2.17 bits per heavy atom. The second kappa shape index (κ2) is 6.35. The van der Waals surface area contributed by atoms with E-state index in [9.17, 15) is 9.90 Å². The van der Waals surface area contributed by atoms with Crippen molar-refractivity contribution in [2.24, 2.45) is 5.92 Å². The van der Waals surface area contributed by atoms with Crippen molar-refractivity contribution >= 4 is 11.7 Å². The summed E-state index contributed by atoms with van der Waals surface area (Å²) in [4.78, 5) is 15.5. The van der Waals surface area contributed by atoms with Crippen LogP contribution in [0, 0.1) is 5.92 Å². The largest absolute Gasteiger partial charge is 0.393 e. The first-order valence-electron chi connectivity index (χ1n) is 6.37. The number of hydrogen-bond donors (Lipinski definition) is 3. The van der Waals surface area contributed by atoms with Crippen LogP contribution < -0.4 is 10.6 Å². The van der Waals surface area contributed by atoms with Gasteiger partial charge in [0.05, 0.1) is 6.10 Å². The third-order valence-electron chi connectivity index (χ3n) is 3.24. The third-order valence-corrected chi connectivity index (χ3v) is 3.24. The van der Waals surface area contributed by atoms with Crippen molar-refractivity contribution in [2.45, 2.75) is 31.8 Å². The molecule has 0 bridgehead atoms. The summed E-state index contributed by atoms with van der Waals surface area (Å²) in [5.74, 6) is 0.386. The van der Waals surface area contributed by atoms with Crippen molar-refractivity contribution in [1.82, 2.24) is 10.3 Å². The van der Waals surface area contributed by atoms with Crippen LogP contribution in [0.25, 0.3) is 0 Å². The third kappa shape index (κ3) is 4.00. The van der Waals surface area contributed by atoms with Crippen LogP contribution in [0.15, 0.2) is 24.5 Å². The standard InChI is InChI=1S/C13H19N3O2/c17-12-3-1-2-10(8-12)9-15-13(18)16-11-4-6-14-7-5-11/h4-7,10,12,17H,1-3,8-9H2,(H2,14,15,16,18). The van der Waals surface area contributed by atoms with Crippen LogP contribution in [0.5, 0.6) is 0 Å². The van der Waals surface area contributed by atoms with Gasteiger partial charge in [0.15, 0.2) is 0 Å². The molecule has 2 unspecified atom stereocenters. The van der Waals surface area contributed by atoms with Gasteiger partial charge in [0, 0.05) is 24.6 Å². The minimum Gasteiger partial charge on any atom is -0.393 e. The van der Waals surface area contributed by atoms with Gasteiger partial charge in [-0.3, -0.25) is 4.98 Å². The Balaban J connectivity index is 1.71. The number of hydrogen-bond acceptors (Lipinski definition) is 3. The molecule has 98 valence electrons. The highest BCUT2D eigenvalue weighted by atomic mass is 16.3. The number of rotatable bonds is 3. The molecule has 1 aromatic heterocycles. The van der Waals surface area contributed by atoms with E-state index in [0.717, 1.165) is 31.4 Å². The van der Waals surface area contributed by atoms with E-state index < -0.39 is 0 Å². The summed E-state index contributed by atoms with van der Waals surface area (Å²) in [6.07, 6.45) is 6.86. The summed E-state index contributed by atoms with van der Waals surface area (Å²) in [6.45, 7) is 0.619. The zero-order chi connectivity index (χ0) is 12.8. The SMILES string of the molecule is O=C(NCC1CCCC(O)C1)Nc1ccncc1. The molecule has 2 atom stereocenters. The summed E-state index contributed by atoms with van der Waals surface area (Å²) in [6, 6.07) is 3.27. The molecule has 0 saturated heterocycles. The second-order valence-electron chi connectivity index (χ2n) is 4.76. The summed E-state index contributed by atoms with van der Waals surface area (Å²) in [7, 11) is 0. The Hall–Kier alpha value is -1.62. The molecule has 3 N–H and O–H groups in total. The number of aliphatic hydroxyl groups excluding tert-OH is 1. The molecule has 1 aromatic rings. The van der Waals surface area contributed by atoms with Crippen LogP contribution in [-0.2, 0) is 0 Å². The number of carbonyl (C=O) groups excluding carboxylic acids is 1. The van der Waals surface area contributed by atoms with Crippen molar-refractivity contribution in [3.63, 3.8) is 0 Å². The molecular formula is C13H19N3O2. The van der Waals surface area contributed by atoms with Crippen molar-refractivity contribution in [3.05, 3.63) is 24.5 Å². The van der Waals surface area contributed by atoms with E-state index in [-0.39, 0.29) is 12.1 Å². The number of carbonyl (C=O) groups is 1. The first-order valence-corrected chi connectivity index (χ1v) is 6.37. The molecular weight excluding hydrogens is 230 g/mol. The summed E-state index contributed by atoms with van der Waals surface area (Å²) < 4.78 is 0. The van der Waals surface area contributed by atoms with Gasteiger partial charge in [0.2, 0.25) is 0 Å². The van der Waals surface area contributed by atoms with E-state index in [1.165, 1.54) is 0 Å². The van der Waals surface area contributed by atoms with Crippen LogP contribution in [0.1, 0.15) is 25.7 Å². The molecule has 0 spiro atoms. The first-order chi connectivity index (χ1) is 8.74. The highest BCUT2D eigenvalue weighted by Gasteiger charge is 2.20. The van der Waals surface area contributed by atoms with E-state index in [0.29, 0.717) is 12.5 Å². The van der Waals surface area contributed by atoms with Gasteiger partial charge in [-0.25, -0.2) is 4.79 Å². The van der Waals surface area contributed by atoms with Gasteiger partial charge in [-0.15, -0.1) is 0 Å². The lowest BCUT2D eigenvalue weighted by Gasteiger charge is -2.25. The second-order valence-corrected chi connectivity index (χ2v) is 4.76. The maximum absolute atomic E-state index is 11.6. The van der Waals surface area contributed by atoms with Crippen molar-refractivity contribution in [3.8, 4) is 0 Å². The number of nitrogens with one attached hydrogen (secondary N) is 2. The molecule has 0 radical (unpaired) electrons. The van der Waals surface area contributed by atoms with Gasteiger partial charge < -0.3 is 15.7 Å². The van der Waals surface area contributed by atoms with E-state index in [1.807, 2.05) is 0 Å². The van der Waals surface area contributed by atoms with Crippen LogP contribution in [0.3, 0.4) is 0 Å². The van der Waals surface area contributed by atoms with Gasteiger partial charge in [-0.05, 0) is 37.3 Å². The number of pyridine rings is 1. The van der Waals surface area contributed by atoms with Crippen molar-refractivity contribution in [2.75, 3.05) is 11.9 Å². The highest BCUT2D eigenvalue weighted by Crippen LogP contribution is 2.23.